The highest BCUT2D eigenvalue weighted by Gasteiger charge is 2.18. The van der Waals surface area contributed by atoms with Gasteiger partial charge in [-0.15, -0.1) is 0 Å². The number of ether oxygens (including phenoxy) is 1. The number of carbonyl (C=O) groups is 1. The lowest BCUT2D eigenvalue weighted by atomic mass is 10.1. The Bertz CT molecular complexity index is 912. The summed E-state index contributed by atoms with van der Waals surface area (Å²) in [6.07, 6.45) is 0. The summed E-state index contributed by atoms with van der Waals surface area (Å²) >= 11 is 0. The number of methoxy groups -OCH3 is 1. The smallest absolute Gasteiger partial charge is 0.251 e. The van der Waals surface area contributed by atoms with E-state index in [1.165, 1.54) is 41.8 Å². The van der Waals surface area contributed by atoms with Gasteiger partial charge in [-0.25, -0.2) is 13.1 Å². The number of sulfonamides is 1. The van der Waals surface area contributed by atoms with E-state index in [0.717, 1.165) is 12.1 Å². The van der Waals surface area contributed by atoms with E-state index in [9.17, 15) is 13.2 Å². The largest absolute Gasteiger partial charge is 0.383 e. The molecule has 0 aliphatic heterocycles. The normalized spacial score (nSPS) is 12.7. The average molecular weight is 421 g/mol. The first kappa shape index (κ1) is 23.0. The van der Waals surface area contributed by atoms with Gasteiger partial charge in [0.05, 0.1) is 25.6 Å². The predicted octanol–water partition coefficient (Wildman–Crippen LogP) is 0.574. The van der Waals surface area contributed by atoms with Gasteiger partial charge in [-0.1, -0.05) is 24.3 Å². The molecule has 1 atom stereocenters. The van der Waals surface area contributed by atoms with Gasteiger partial charge in [0.1, 0.15) is 6.54 Å². The van der Waals surface area contributed by atoms with E-state index in [1.807, 2.05) is 18.2 Å². The number of rotatable bonds is 10. The second kappa shape index (κ2) is 10.5. The molecule has 8 heteroatoms. The Kier molecular flexibility index (Phi) is 8.33. The zero-order valence-electron chi connectivity index (χ0n) is 17.4. The van der Waals surface area contributed by atoms with Crippen LogP contribution in [0.5, 0.6) is 0 Å². The molecule has 7 nitrogen and oxygen atoms in total. The SMILES string of the molecule is COC[C@H](C)NS(=O)(=O)c1ccc(C(=O)NCc2ccccc2C[NH+](C)C)cc1. The van der Waals surface area contributed by atoms with Crippen LogP contribution in [-0.4, -0.2) is 48.2 Å². The van der Waals surface area contributed by atoms with E-state index in [0.29, 0.717) is 12.1 Å². The molecule has 0 bridgehead atoms. The molecule has 1 amide bonds. The van der Waals surface area contributed by atoms with Crippen LogP contribution in [0.15, 0.2) is 53.4 Å². The molecule has 0 unspecified atom stereocenters. The van der Waals surface area contributed by atoms with Crippen molar-refractivity contribution in [3.63, 3.8) is 0 Å². The molecule has 2 aromatic rings. The van der Waals surface area contributed by atoms with Crippen molar-refractivity contribution >= 4 is 15.9 Å². The summed E-state index contributed by atoms with van der Waals surface area (Å²) in [5.41, 5.74) is 2.66. The Morgan fingerprint density at radius 3 is 2.28 bits per heavy atom. The molecular weight excluding hydrogens is 390 g/mol. The lowest BCUT2D eigenvalue weighted by Gasteiger charge is -2.14. The minimum Gasteiger partial charge on any atom is -0.383 e. The Balaban J connectivity index is 2.03. The fraction of sp³-hybridized carbons (Fsp3) is 0.381. The lowest BCUT2D eigenvalue weighted by molar-refractivity contribution is -0.872. The van der Waals surface area contributed by atoms with Crippen molar-refractivity contribution in [2.75, 3.05) is 27.8 Å². The van der Waals surface area contributed by atoms with Crippen LogP contribution in [-0.2, 0) is 27.8 Å². The third-order valence-electron chi connectivity index (χ3n) is 4.30. The van der Waals surface area contributed by atoms with E-state index in [2.05, 4.69) is 30.2 Å². The third-order valence-corrected chi connectivity index (χ3v) is 5.91. The van der Waals surface area contributed by atoms with Gasteiger partial charge in [0, 0.05) is 30.8 Å². The van der Waals surface area contributed by atoms with E-state index >= 15 is 0 Å². The van der Waals surface area contributed by atoms with Crippen molar-refractivity contribution in [3.05, 3.63) is 65.2 Å². The molecule has 2 aromatic carbocycles. The number of hydrogen-bond acceptors (Lipinski definition) is 4. The molecular formula is C21H30N3O4S+. The first-order valence-corrected chi connectivity index (χ1v) is 11.0. The van der Waals surface area contributed by atoms with Gasteiger partial charge in [-0.05, 0) is 36.8 Å². The van der Waals surface area contributed by atoms with Gasteiger partial charge >= 0.3 is 0 Å². The summed E-state index contributed by atoms with van der Waals surface area (Å²) in [5, 5.41) is 2.91. The molecule has 0 saturated heterocycles. The molecule has 0 aromatic heterocycles. The molecule has 2 rings (SSSR count). The van der Waals surface area contributed by atoms with E-state index in [-0.39, 0.29) is 23.5 Å². The molecule has 0 spiro atoms. The molecule has 3 N–H and O–H groups in total. The summed E-state index contributed by atoms with van der Waals surface area (Å²) in [6, 6.07) is 13.5. The minimum atomic E-state index is -3.66. The van der Waals surface area contributed by atoms with E-state index in [1.54, 1.807) is 6.92 Å². The van der Waals surface area contributed by atoms with Crippen LogP contribution in [0.3, 0.4) is 0 Å². The van der Waals surface area contributed by atoms with Gasteiger partial charge in [0.25, 0.3) is 5.91 Å². The van der Waals surface area contributed by atoms with Crippen molar-refractivity contribution < 1.29 is 22.8 Å². The van der Waals surface area contributed by atoms with Crippen molar-refractivity contribution in [3.8, 4) is 0 Å². The summed E-state index contributed by atoms with van der Waals surface area (Å²) in [4.78, 5) is 13.9. The Morgan fingerprint density at radius 2 is 1.69 bits per heavy atom. The molecule has 0 radical (unpaired) electrons. The van der Waals surface area contributed by atoms with Crippen molar-refractivity contribution in [2.45, 2.75) is 31.0 Å². The fourth-order valence-corrected chi connectivity index (χ4v) is 4.19. The molecule has 0 saturated carbocycles. The number of amides is 1. The summed E-state index contributed by atoms with van der Waals surface area (Å²) < 4.78 is 32.2. The van der Waals surface area contributed by atoms with E-state index < -0.39 is 10.0 Å². The van der Waals surface area contributed by atoms with Crippen molar-refractivity contribution in [1.82, 2.24) is 10.0 Å². The number of carbonyl (C=O) groups excluding carboxylic acids is 1. The fourth-order valence-electron chi connectivity index (χ4n) is 2.96. The van der Waals surface area contributed by atoms with Crippen LogP contribution < -0.4 is 14.9 Å². The summed E-state index contributed by atoms with van der Waals surface area (Å²) in [5.74, 6) is -0.248. The Labute approximate surface area is 173 Å². The van der Waals surface area contributed by atoms with E-state index in [4.69, 9.17) is 4.74 Å². The quantitative estimate of drug-likeness (QED) is 0.525. The molecule has 0 aliphatic carbocycles. The maximum atomic E-state index is 12.5. The van der Waals surface area contributed by atoms with Crippen molar-refractivity contribution in [1.29, 1.82) is 0 Å². The topological polar surface area (TPSA) is 88.9 Å². The summed E-state index contributed by atoms with van der Waals surface area (Å²) in [6.45, 7) is 3.28. The van der Waals surface area contributed by atoms with Crippen LogP contribution >= 0.6 is 0 Å². The van der Waals surface area contributed by atoms with Crippen molar-refractivity contribution in [2.24, 2.45) is 0 Å². The molecule has 0 aliphatic rings. The van der Waals surface area contributed by atoms with Gasteiger partial charge in [-0.3, -0.25) is 4.79 Å². The first-order valence-electron chi connectivity index (χ1n) is 9.48. The number of nitrogens with one attached hydrogen (secondary N) is 3. The molecule has 29 heavy (non-hydrogen) atoms. The Hall–Kier alpha value is -2.26. The molecule has 158 valence electrons. The highest BCUT2D eigenvalue weighted by Crippen LogP contribution is 2.12. The van der Waals surface area contributed by atoms with Crippen LogP contribution in [0.2, 0.25) is 0 Å². The number of benzene rings is 2. The molecule has 0 fully saturated rings. The van der Waals surface area contributed by atoms with Gasteiger partial charge in [-0.2, -0.15) is 0 Å². The lowest BCUT2D eigenvalue weighted by Crippen LogP contribution is -3.04. The maximum Gasteiger partial charge on any atom is 0.251 e. The molecule has 0 heterocycles. The predicted molar refractivity (Wildman–Crippen MR) is 112 cm³/mol. The zero-order valence-corrected chi connectivity index (χ0v) is 18.2. The minimum absolute atomic E-state index is 0.108. The second-order valence-electron chi connectivity index (χ2n) is 7.34. The Morgan fingerprint density at radius 1 is 1.07 bits per heavy atom. The second-order valence-corrected chi connectivity index (χ2v) is 9.05. The summed E-state index contributed by atoms with van der Waals surface area (Å²) in [7, 11) is 2.01. The first-order chi connectivity index (χ1) is 13.7. The van der Waals surface area contributed by atoms with Crippen LogP contribution in [0, 0.1) is 0 Å². The number of quaternary nitrogens is 1. The highest BCUT2D eigenvalue weighted by molar-refractivity contribution is 7.89. The van der Waals surface area contributed by atoms with Gasteiger partial charge in [0.2, 0.25) is 10.0 Å². The van der Waals surface area contributed by atoms with Gasteiger partial charge in [0.15, 0.2) is 0 Å². The third kappa shape index (κ3) is 6.93. The van der Waals surface area contributed by atoms with Crippen LogP contribution in [0.1, 0.15) is 28.4 Å². The average Bonchev–Trinajstić information content (AvgIpc) is 2.66. The van der Waals surface area contributed by atoms with Crippen LogP contribution in [0.25, 0.3) is 0 Å². The number of hydrogen-bond donors (Lipinski definition) is 3. The standard InChI is InChI=1S/C21H29N3O4S/c1-16(15-28-4)23-29(26,27)20-11-9-17(10-12-20)21(25)22-13-18-7-5-6-8-19(18)14-24(2)3/h5-12,16,23H,13-15H2,1-4H3,(H,22,25)/p+1/t16-/m0/s1. The maximum absolute atomic E-state index is 12.5. The monoisotopic (exact) mass is 420 g/mol. The van der Waals surface area contributed by atoms with Gasteiger partial charge < -0.3 is 15.0 Å². The zero-order chi connectivity index (χ0) is 21.4. The highest BCUT2D eigenvalue weighted by atomic mass is 32.2. The van der Waals surface area contributed by atoms with Crippen LogP contribution in [0.4, 0.5) is 0 Å².